The fraction of sp³-hybridized carbons (Fsp3) is 0.400. The predicted molar refractivity (Wildman–Crippen MR) is 48.3 cm³/mol. The second-order valence-electron chi connectivity index (χ2n) is 3.05. The van der Waals surface area contributed by atoms with Crippen LogP contribution in [0.4, 0.5) is 0 Å². The van der Waals surface area contributed by atoms with Crippen molar-refractivity contribution in [2.45, 2.75) is 12.5 Å². The molecule has 1 saturated heterocycles. The summed E-state index contributed by atoms with van der Waals surface area (Å²) in [6.45, 7) is 2.06. The standard InChI is InChI=1S/C10H13NO/c1-2-4-9(5-3-1)12-10-6-7-11-8-10/h1-5,10-11H,6-8H2/t10-/m1/s1. The maximum Gasteiger partial charge on any atom is 0.119 e. The van der Waals surface area contributed by atoms with E-state index in [2.05, 4.69) is 5.32 Å². The summed E-state index contributed by atoms with van der Waals surface area (Å²) < 4.78 is 5.71. The number of benzene rings is 1. The van der Waals surface area contributed by atoms with E-state index in [1.807, 2.05) is 30.3 Å². The average Bonchev–Trinajstić information content (AvgIpc) is 2.59. The van der Waals surface area contributed by atoms with Gasteiger partial charge in [0.2, 0.25) is 0 Å². The third kappa shape index (κ3) is 1.77. The molecule has 0 radical (unpaired) electrons. The zero-order valence-electron chi connectivity index (χ0n) is 6.99. The largest absolute Gasteiger partial charge is 0.489 e. The molecular weight excluding hydrogens is 150 g/mol. The van der Waals surface area contributed by atoms with Crippen molar-refractivity contribution in [1.29, 1.82) is 0 Å². The van der Waals surface area contributed by atoms with Gasteiger partial charge < -0.3 is 10.1 Å². The lowest BCUT2D eigenvalue weighted by Gasteiger charge is -2.11. The highest BCUT2D eigenvalue weighted by molar-refractivity contribution is 5.21. The summed E-state index contributed by atoms with van der Waals surface area (Å²) in [7, 11) is 0. The Morgan fingerprint density at radius 1 is 1.25 bits per heavy atom. The van der Waals surface area contributed by atoms with Gasteiger partial charge in [0.05, 0.1) is 0 Å². The number of nitrogens with one attached hydrogen (secondary N) is 1. The van der Waals surface area contributed by atoms with Crippen LogP contribution in [-0.2, 0) is 0 Å². The molecule has 1 heterocycles. The minimum atomic E-state index is 0.368. The van der Waals surface area contributed by atoms with Crippen LogP contribution in [0.25, 0.3) is 0 Å². The number of hydrogen-bond donors (Lipinski definition) is 1. The Balaban J connectivity index is 1.94. The zero-order chi connectivity index (χ0) is 8.23. The second-order valence-corrected chi connectivity index (χ2v) is 3.05. The Bertz CT molecular complexity index is 229. The maximum atomic E-state index is 5.71. The monoisotopic (exact) mass is 163 g/mol. The molecule has 1 aliphatic heterocycles. The van der Waals surface area contributed by atoms with Crippen LogP contribution in [0.1, 0.15) is 6.42 Å². The molecule has 1 N–H and O–H groups in total. The van der Waals surface area contributed by atoms with E-state index < -0.39 is 0 Å². The van der Waals surface area contributed by atoms with Gasteiger partial charge in [0.25, 0.3) is 0 Å². The quantitative estimate of drug-likeness (QED) is 0.712. The van der Waals surface area contributed by atoms with Crippen LogP contribution in [0.5, 0.6) is 5.75 Å². The molecule has 1 aromatic carbocycles. The molecule has 0 spiro atoms. The first-order valence-corrected chi connectivity index (χ1v) is 4.37. The molecule has 0 amide bonds. The average molecular weight is 163 g/mol. The predicted octanol–water partition coefficient (Wildman–Crippen LogP) is 1.43. The summed E-state index contributed by atoms with van der Waals surface area (Å²) in [6.07, 6.45) is 1.49. The van der Waals surface area contributed by atoms with Crippen molar-refractivity contribution in [2.24, 2.45) is 0 Å². The van der Waals surface area contributed by atoms with Gasteiger partial charge in [-0.3, -0.25) is 0 Å². The lowest BCUT2D eigenvalue weighted by molar-refractivity contribution is 0.223. The molecule has 0 aliphatic carbocycles. The van der Waals surface area contributed by atoms with Gasteiger partial charge in [-0.1, -0.05) is 18.2 Å². The lowest BCUT2D eigenvalue weighted by Crippen LogP contribution is -2.19. The van der Waals surface area contributed by atoms with Crippen molar-refractivity contribution in [3.8, 4) is 5.75 Å². The van der Waals surface area contributed by atoms with Crippen molar-refractivity contribution in [2.75, 3.05) is 13.1 Å². The maximum absolute atomic E-state index is 5.71. The fourth-order valence-electron chi connectivity index (χ4n) is 1.42. The summed E-state index contributed by atoms with van der Waals surface area (Å²) in [4.78, 5) is 0. The van der Waals surface area contributed by atoms with E-state index in [-0.39, 0.29) is 0 Å². The summed E-state index contributed by atoms with van der Waals surface area (Å²) in [5.41, 5.74) is 0. The van der Waals surface area contributed by atoms with Crippen LogP contribution in [0.2, 0.25) is 0 Å². The molecule has 0 bridgehead atoms. The highest BCUT2D eigenvalue weighted by Gasteiger charge is 2.15. The summed E-state index contributed by atoms with van der Waals surface area (Å²) >= 11 is 0. The van der Waals surface area contributed by atoms with Gasteiger partial charge in [0.15, 0.2) is 0 Å². The molecular formula is C10H13NO. The summed E-state index contributed by atoms with van der Waals surface area (Å²) in [5.74, 6) is 0.978. The molecule has 0 aromatic heterocycles. The minimum Gasteiger partial charge on any atom is -0.489 e. The van der Waals surface area contributed by atoms with E-state index in [1.165, 1.54) is 0 Å². The second kappa shape index (κ2) is 3.59. The van der Waals surface area contributed by atoms with E-state index in [0.717, 1.165) is 25.3 Å². The number of hydrogen-bond acceptors (Lipinski definition) is 2. The first-order chi connectivity index (χ1) is 5.95. The van der Waals surface area contributed by atoms with Gasteiger partial charge in [0, 0.05) is 6.54 Å². The van der Waals surface area contributed by atoms with E-state index in [9.17, 15) is 0 Å². The van der Waals surface area contributed by atoms with Crippen molar-refractivity contribution in [3.05, 3.63) is 30.3 Å². The van der Waals surface area contributed by atoms with Crippen LogP contribution < -0.4 is 10.1 Å². The van der Waals surface area contributed by atoms with Gasteiger partial charge >= 0.3 is 0 Å². The van der Waals surface area contributed by atoms with Crippen LogP contribution >= 0.6 is 0 Å². The number of para-hydroxylation sites is 1. The third-order valence-electron chi connectivity index (χ3n) is 2.06. The molecule has 2 nitrogen and oxygen atoms in total. The Labute approximate surface area is 72.5 Å². The van der Waals surface area contributed by atoms with Gasteiger partial charge in [-0.05, 0) is 25.1 Å². The molecule has 1 fully saturated rings. The first-order valence-electron chi connectivity index (χ1n) is 4.37. The van der Waals surface area contributed by atoms with Gasteiger partial charge in [-0.25, -0.2) is 0 Å². The molecule has 2 rings (SSSR count). The van der Waals surface area contributed by atoms with Crippen LogP contribution in [-0.4, -0.2) is 19.2 Å². The molecule has 64 valence electrons. The van der Waals surface area contributed by atoms with E-state index in [4.69, 9.17) is 4.74 Å². The van der Waals surface area contributed by atoms with Crippen molar-refractivity contribution >= 4 is 0 Å². The van der Waals surface area contributed by atoms with Crippen LogP contribution in [0.15, 0.2) is 30.3 Å². The SMILES string of the molecule is c1ccc(O[C@@H]2CCNC2)cc1. The minimum absolute atomic E-state index is 0.368. The van der Waals surface area contributed by atoms with Crippen LogP contribution in [0.3, 0.4) is 0 Å². The topological polar surface area (TPSA) is 21.3 Å². The van der Waals surface area contributed by atoms with Gasteiger partial charge in [0.1, 0.15) is 11.9 Å². The molecule has 1 aromatic rings. The molecule has 2 heteroatoms. The summed E-state index contributed by atoms with van der Waals surface area (Å²) in [5, 5.41) is 3.27. The van der Waals surface area contributed by atoms with E-state index >= 15 is 0 Å². The van der Waals surface area contributed by atoms with Crippen molar-refractivity contribution in [3.63, 3.8) is 0 Å². The normalized spacial score (nSPS) is 22.5. The van der Waals surface area contributed by atoms with E-state index in [1.54, 1.807) is 0 Å². The molecule has 1 aliphatic rings. The first kappa shape index (κ1) is 7.62. The molecule has 1 atom stereocenters. The van der Waals surface area contributed by atoms with Gasteiger partial charge in [-0.15, -0.1) is 0 Å². The Hall–Kier alpha value is -1.02. The van der Waals surface area contributed by atoms with Crippen LogP contribution in [0, 0.1) is 0 Å². The Kier molecular flexibility index (Phi) is 2.28. The zero-order valence-corrected chi connectivity index (χ0v) is 6.99. The van der Waals surface area contributed by atoms with E-state index in [0.29, 0.717) is 6.10 Å². The van der Waals surface area contributed by atoms with Crippen molar-refractivity contribution < 1.29 is 4.74 Å². The smallest absolute Gasteiger partial charge is 0.119 e. The number of ether oxygens (including phenoxy) is 1. The lowest BCUT2D eigenvalue weighted by atomic mass is 10.3. The highest BCUT2D eigenvalue weighted by Crippen LogP contribution is 2.13. The highest BCUT2D eigenvalue weighted by atomic mass is 16.5. The van der Waals surface area contributed by atoms with Gasteiger partial charge in [-0.2, -0.15) is 0 Å². The number of rotatable bonds is 2. The molecule has 12 heavy (non-hydrogen) atoms. The molecule has 0 unspecified atom stereocenters. The Morgan fingerprint density at radius 2 is 2.08 bits per heavy atom. The fourth-order valence-corrected chi connectivity index (χ4v) is 1.42. The van der Waals surface area contributed by atoms with Crippen molar-refractivity contribution in [1.82, 2.24) is 5.32 Å². The Morgan fingerprint density at radius 3 is 2.75 bits per heavy atom. The summed E-state index contributed by atoms with van der Waals surface area (Å²) in [6, 6.07) is 9.99. The third-order valence-corrected chi connectivity index (χ3v) is 2.06. The molecule has 0 saturated carbocycles.